The molecule has 2 aromatic carbocycles. The number of anilines is 1. The Morgan fingerprint density at radius 1 is 1.00 bits per heavy atom. The SMILES string of the molecule is CC(=O)c1ccc(S(=O)(=O)Nc2ccccc2Cc2nc(-c3ccncc3)no2)cc1. The smallest absolute Gasteiger partial charge is 0.261 e. The molecular formula is C22H18N4O4S. The monoisotopic (exact) mass is 434 g/mol. The lowest BCUT2D eigenvalue weighted by atomic mass is 10.1. The summed E-state index contributed by atoms with van der Waals surface area (Å²) in [7, 11) is -3.84. The van der Waals surface area contributed by atoms with Gasteiger partial charge in [-0.3, -0.25) is 14.5 Å². The Bertz CT molecular complexity index is 1320. The Kier molecular flexibility index (Phi) is 5.59. The van der Waals surface area contributed by atoms with Crippen molar-refractivity contribution in [2.75, 3.05) is 4.72 Å². The second kappa shape index (κ2) is 8.49. The fraction of sp³-hybridized carbons (Fsp3) is 0.0909. The van der Waals surface area contributed by atoms with Crippen molar-refractivity contribution in [3.63, 3.8) is 0 Å². The number of aromatic nitrogens is 3. The van der Waals surface area contributed by atoms with E-state index < -0.39 is 10.0 Å². The normalized spacial score (nSPS) is 11.3. The van der Waals surface area contributed by atoms with Crippen LogP contribution < -0.4 is 4.72 Å². The summed E-state index contributed by atoms with van der Waals surface area (Å²) in [4.78, 5) is 19.8. The van der Waals surface area contributed by atoms with Crippen LogP contribution in [0.5, 0.6) is 0 Å². The van der Waals surface area contributed by atoms with Crippen molar-refractivity contribution < 1.29 is 17.7 Å². The number of pyridine rings is 1. The molecule has 0 amide bonds. The molecule has 0 saturated carbocycles. The van der Waals surface area contributed by atoms with Gasteiger partial charge in [0.2, 0.25) is 11.7 Å². The highest BCUT2D eigenvalue weighted by molar-refractivity contribution is 7.92. The lowest BCUT2D eigenvalue weighted by molar-refractivity contribution is 0.101. The van der Waals surface area contributed by atoms with Crippen LogP contribution in [-0.2, 0) is 16.4 Å². The fourth-order valence-corrected chi connectivity index (χ4v) is 4.06. The van der Waals surface area contributed by atoms with Crippen molar-refractivity contribution in [2.45, 2.75) is 18.2 Å². The van der Waals surface area contributed by atoms with Crippen LogP contribution in [0.4, 0.5) is 5.69 Å². The Labute approximate surface area is 179 Å². The molecule has 0 radical (unpaired) electrons. The summed E-state index contributed by atoms with van der Waals surface area (Å²) in [6.45, 7) is 1.43. The number of sulfonamides is 1. The molecule has 0 spiro atoms. The maximum atomic E-state index is 12.8. The van der Waals surface area contributed by atoms with Crippen molar-refractivity contribution in [2.24, 2.45) is 0 Å². The summed E-state index contributed by atoms with van der Waals surface area (Å²) >= 11 is 0. The standard InChI is InChI=1S/C22H18N4O4S/c1-15(27)16-6-8-19(9-7-16)31(28,29)26-20-5-3-2-4-18(20)14-21-24-22(25-30-21)17-10-12-23-13-11-17/h2-13,26H,14H2,1H3. The fourth-order valence-electron chi connectivity index (χ4n) is 2.95. The predicted molar refractivity (Wildman–Crippen MR) is 114 cm³/mol. The van der Waals surface area contributed by atoms with Gasteiger partial charge in [0, 0.05) is 23.5 Å². The largest absolute Gasteiger partial charge is 0.339 e. The van der Waals surface area contributed by atoms with Crippen molar-refractivity contribution >= 4 is 21.5 Å². The van der Waals surface area contributed by atoms with Crippen LogP contribution in [0.15, 0.2) is 82.5 Å². The van der Waals surface area contributed by atoms with Gasteiger partial charge in [-0.25, -0.2) is 8.42 Å². The van der Waals surface area contributed by atoms with Crippen LogP contribution in [0.1, 0.15) is 28.7 Å². The Hall–Kier alpha value is -3.85. The molecule has 0 bridgehead atoms. The van der Waals surface area contributed by atoms with E-state index in [1.54, 1.807) is 48.8 Å². The predicted octanol–water partition coefficient (Wildman–Crippen LogP) is 3.73. The summed E-state index contributed by atoms with van der Waals surface area (Å²) in [6, 6.07) is 16.3. The third-order valence-corrected chi connectivity index (χ3v) is 5.96. The summed E-state index contributed by atoms with van der Waals surface area (Å²) < 4.78 is 33.6. The number of hydrogen-bond acceptors (Lipinski definition) is 7. The summed E-state index contributed by atoms with van der Waals surface area (Å²) in [5.41, 5.74) is 2.30. The molecule has 156 valence electrons. The number of ketones is 1. The van der Waals surface area contributed by atoms with Crippen LogP contribution >= 0.6 is 0 Å². The van der Waals surface area contributed by atoms with Crippen LogP contribution in [0.25, 0.3) is 11.4 Å². The van der Waals surface area contributed by atoms with Crippen molar-refractivity contribution in [1.82, 2.24) is 15.1 Å². The lowest BCUT2D eigenvalue weighted by Gasteiger charge is -2.12. The van der Waals surface area contributed by atoms with E-state index in [0.717, 1.165) is 5.56 Å². The van der Waals surface area contributed by atoms with Gasteiger partial charge in [-0.05, 0) is 42.8 Å². The highest BCUT2D eigenvalue weighted by Gasteiger charge is 2.18. The van der Waals surface area contributed by atoms with Gasteiger partial charge < -0.3 is 4.52 Å². The number of Topliss-reactive ketones (excluding diaryl/α,β-unsaturated/α-hetero) is 1. The van der Waals surface area contributed by atoms with Gasteiger partial charge >= 0.3 is 0 Å². The van der Waals surface area contributed by atoms with E-state index in [1.807, 2.05) is 0 Å². The van der Waals surface area contributed by atoms with Gasteiger partial charge in [0.25, 0.3) is 10.0 Å². The number of nitrogens with one attached hydrogen (secondary N) is 1. The first-order valence-electron chi connectivity index (χ1n) is 9.37. The van der Waals surface area contributed by atoms with Gasteiger partial charge in [0.05, 0.1) is 17.0 Å². The number of rotatable bonds is 7. The van der Waals surface area contributed by atoms with Crippen LogP contribution in [0.3, 0.4) is 0 Å². The summed E-state index contributed by atoms with van der Waals surface area (Å²) in [5.74, 6) is 0.651. The van der Waals surface area contributed by atoms with Crippen molar-refractivity contribution in [1.29, 1.82) is 0 Å². The number of para-hydroxylation sites is 1. The first-order valence-corrected chi connectivity index (χ1v) is 10.9. The van der Waals surface area contributed by atoms with E-state index in [4.69, 9.17) is 4.52 Å². The molecule has 2 aromatic heterocycles. The molecule has 0 aliphatic carbocycles. The maximum absolute atomic E-state index is 12.8. The second-order valence-corrected chi connectivity index (χ2v) is 8.45. The summed E-state index contributed by atoms with van der Waals surface area (Å²) in [6.07, 6.45) is 3.52. The van der Waals surface area contributed by atoms with Gasteiger partial charge in [-0.2, -0.15) is 4.98 Å². The minimum atomic E-state index is -3.84. The molecule has 0 fully saturated rings. The minimum absolute atomic E-state index is 0.0602. The number of hydrogen-bond donors (Lipinski definition) is 1. The van der Waals surface area contributed by atoms with E-state index in [1.165, 1.54) is 31.2 Å². The first-order chi connectivity index (χ1) is 14.9. The van der Waals surface area contributed by atoms with Crippen molar-refractivity contribution in [3.8, 4) is 11.4 Å². The molecule has 0 atom stereocenters. The minimum Gasteiger partial charge on any atom is -0.339 e. The van der Waals surface area contributed by atoms with Gasteiger partial charge in [0.15, 0.2) is 5.78 Å². The zero-order valence-electron chi connectivity index (χ0n) is 16.5. The Morgan fingerprint density at radius 3 is 2.42 bits per heavy atom. The molecule has 2 heterocycles. The average molecular weight is 434 g/mol. The number of benzene rings is 2. The zero-order valence-corrected chi connectivity index (χ0v) is 17.3. The molecule has 0 unspecified atom stereocenters. The molecule has 31 heavy (non-hydrogen) atoms. The number of carbonyl (C=O) groups excluding carboxylic acids is 1. The third-order valence-electron chi connectivity index (χ3n) is 4.58. The van der Waals surface area contributed by atoms with E-state index in [0.29, 0.717) is 28.5 Å². The lowest BCUT2D eigenvalue weighted by Crippen LogP contribution is -2.14. The second-order valence-electron chi connectivity index (χ2n) is 6.77. The molecule has 4 rings (SSSR count). The molecule has 0 aliphatic heterocycles. The van der Waals surface area contributed by atoms with E-state index in [2.05, 4.69) is 19.8 Å². The Balaban J connectivity index is 1.56. The molecular weight excluding hydrogens is 416 g/mol. The molecule has 4 aromatic rings. The average Bonchev–Trinajstić information content (AvgIpc) is 3.24. The quantitative estimate of drug-likeness (QED) is 0.441. The highest BCUT2D eigenvalue weighted by Crippen LogP contribution is 2.23. The van der Waals surface area contributed by atoms with Gasteiger partial charge in [-0.15, -0.1) is 0 Å². The topological polar surface area (TPSA) is 115 Å². The van der Waals surface area contributed by atoms with E-state index >= 15 is 0 Å². The molecule has 1 N–H and O–H groups in total. The van der Waals surface area contributed by atoms with Gasteiger partial charge in [-0.1, -0.05) is 35.5 Å². The third kappa shape index (κ3) is 4.67. The molecule has 9 heteroatoms. The maximum Gasteiger partial charge on any atom is 0.261 e. The van der Waals surface area contributed by atoms with Crippen LogP contribution in [0, 0.1) is 0 Å². The van der Waals surface area contributed by atoms with E-state index in [-0.39, 0.29) is 17.1 Å². The highest BCUT2D eigenvalue weighted by atomic mass is 32.2. The number of carbonyl (C=O) groups is 1. The van der Waals surface area contributed by atoms with Crippen molar-refractivity contribution in [3.05, 3.63) is 90.1 Å². The Morgan fingerprint density at radius 2 is 1.71 bits per heavy atom. The van der Waals surface area contributed by atoms with E-state index in [9.17, 15) is 13.2 Å². The van der Waals surface area contributed by atoms with Gasteiger partial charge in [0.1, 0.15) is 0 Å². The molecule has 0 aliphatic rings. The molecule has 8 nitrogen and oxygen atoms in total. The molecule has 0 saturated heterocycles. The zero-order chi connectivity index (χ0) is 21.8. The van der Waals surface area contributed by atoms with Crippen LogP contribution in [0.2, 0.25) is 0 Å². The number of nitrogens with zero attached hydrogens (tertiary/aromatic N) is 3. The summed E-state index contributed by atoms with van der Waals surface area (Å²) in [5, 5.41) is 3.98. The van der Waals surface area contributed by atoms with Crippen LogP contribution in [-0.4, -0.2) is 29.3 Å². The first kappa shape index (κ1) is 20.4.